The van der Waals surface area contributed by atoms with E-state index in [0.29, 0.717) is 0 Å². The van der Waals surface area contributed by atoms with Crippen molar-refractivity contribution in [2.45, 2.75) is 56.3 Å². The van der Waals surface area contributed by atoms with Gasteiger partial charge in [-0.25, -0.2) is 0 Å². The van der Waals surface area contributed by atoms with Crippen molar-refractivity contribution in [2.24, 2.45) is 0 Å². The molecule has 0 heterocycles. The molecule has 0 saturated heterocycles. The van der Waals surface area contributed by atoms with Crippen molar-refractivity contribution in [1.29, 1.82) is 0 Å². The van der Waals surface area contributed by atoms with Crippen LogP contribution in [0.4, 0.5) is 43.9 Å². The first-order valence-electron chi connectivity index (χ1n) is 5.45. The van der Waals surface area contributed by atoms with Gasteiger partial charge in [0.05, 0.1) is 0 Å². The van der Waals surface area contributed by atoms with Gasteiger partial charge in [0.15, 0.2) is 0 Å². The standard InChI is InChI=1S/C10H11F10/c1-2-3-4-5-7(13,14)9(17,18)10(19,20)8(15,16)6(11)12/h2-5H2,1H3. The highest BCUT2D eigenvalue weighted by molar-refractivity contribution is 5.08. The van der Waals surface area contributed by atoms with Gasteiger partial charge in [0, 0.05) is 6.42 Å². The molecule has 0 aliphatic carbocycles. The van der Waals surface area contributed by atoms with E-state index in [2.05, 4.69) is 0 Å². The molecule has 10 heteroatoms. The highest BCUT2D eigenvalue weighted by Gasteiger charge is 2.82. The Morgan fingerprint density at radius 1 is 0.750 bits per heavy atom. The molecule has 0 rings (SSSR count). The summed E-state index contributed by atoms with van der Waals surface area (Å²) in [6.45, 7) is 1.49. The fraction of sp³-hybridized carbons (Fsp3) is 0.900. The molecule has 0 unspecified atom stereocenters. The predicted octanol–water partition coefficient (Wildman–Crippen LogP) is 5.54. The lowest BCUT2D eigenvalue weighted by atomic mass is 9.95. The minimum atomic E-state index is -6.91. The van der Waals surface area contributed by atoms with Crippen LogP contribution in [0.15, 0.2) is 0 Å². The summed E-state index contributed by atoms with van der Waals surface area (Å²) in [6.07, 6.45) is -6.56. The van der Waals surface area contributed by atoms with Crippen LogP contribution in [-0.2, 0) is 0 Å². The number of hydrogen-bond acceptors (Lipinski definition) is 0. The first kappa shape index (κ1) is 19.3. The van der Waals surface area contributed by atoms with Crippen LogP contribution in [-0.4, -0.2) is 23.7 Å². The minimum absolute atomic E-state index is 0.0305. The molecule has 0 aliphatic heterocycles. The maximum Gasteiger partial charge on any atom is 0.385 e. The molecule has 0 spiro atoms. The van der Waals surface area contributed by atoms with Crippen LogP contribution in [0.25, 0.3) is 0 Å². The Morgan fingerprint density at radius 2 is 1.20 bits per heavy atom. The molecule has 0 aromatic heterocycles. The Morgan fingerprint density at radius 3 is 1.55 bits per heavy atom. The molecule has 0 nitrogen and oxygen atoms in total. The SMILES string of the molecule is CCCCCC(F)(F)C(F)(F)C(F)(F)C(F)(F)[C](F)F. The van der Waals surface area contributed by atoms with E-state index in [1.807, 2.05) is 0 Å². The van der Waals surface area contributed by atoms with Gasteiger partial charge >= 0.3 is 30.1 Å². The number of unbranched alkanes of at least 4 members (excludes halogenated alkanes) is 2. The zero-order valence-corrected chi connectivity index (χ0v) is 10.1. The van der Waals surface area contributed by atoms with E-state index < -0.39 is 43.0 Å². The number of hydrogen-bond donors (Lipinski definition) is 0. The molecule has 0 N–H and O–H groups in total. The van der Waals surface area contributed by atoms with Crippen molar-refractivity contribution in [1.82, 2.24) is 0 Å². The van der Waals surface area contributed by atoms with Gasteiger partial charge in [-0.2, -0.15) is 43.9 Å². The molecule has 0 aromatic carbocycles. The minimum Gasteiger partial charge on any atom is -0.200 e. The zero-order chi connectivity index (χ0) is 16.4. The summed E-state index contributed by atoms with van der Waals surface area (Å²) < 4.78 is 125. The van der Waals surface area contributed by atoms with Crippen molar-refractivity contribution in [3.8, 4) is 0 Å². The third-order valence-electron chi connectivity index (χ3n) is 2.58. The van der Waals surface area contributed by atoms with Crippen molar-refractivity contribution < 1.29 is 43.9 Å². The highest BCUT2D eigenvalue weighted by Crippen LogP contribution is 2.56. The van der Waals surface area contributed by atoms with Crippen LogP contribution >= 0.6 is 0 Å². The Labute approximate surface area is 108 Å². The number of halogens is 10. The van der Waals surface area contributed by atoms with Crippen LogP contribution in [0.1, 0.15) is 32.6 Å². The van der Waals surface area contributed by atoms with E-state index in [4.69, 9.17) is 0 Å². The van der Waals surface area contributed by atoms with Crippen LogP contribution in [0.5, 0.6) is 0 Å². The Hall–Kier alpha value is -0.700. The van der Waals surface area contributed by atoms with Crippen LogP contribution in [0.3, 0.4) is 0 Å². The van der Waals surface area contributed by atoms with Gasteiger partial charge in [0.25, 0.3) is 0 Å². The van der Waals surface area contributed by atoms with E-state index in [1.54, 1.807) is 0 Å². The largest absolute Gasteiger partial charge is 0.385 e. The lowest BCUT2D eigenvalue weighted by Gasteiger charge is -2.36. The first-order chi connectivity index (χ1) is 8.75. The van der Waals surface area contributed by atoms with E-state index in [-0.39, 0.29) is 12.8 Å². The maximum atomic E-state index is 13.0. The summed E-state index contributed by atoms with van der Waals surface area (Å²) in [7, 11) is 0. The molecule has 0 amide bonds. The molecule has 0 saturated carbocycles. The lowest BCUT2D eigenvalue weighted by molar-refractivity contribution is -0.371. The van der Waals surface area contributed by atoms with Crippen molar-refractivity contribution in [3.05, 3.63) is 6.43 Å². The van der Waals surface area contributed by atoms with Crippen molar-refractivity contribution in [2.75, 3.05) is 0 Å². The summed E-state index contributed by atoms with van der Waals surface area (Å²) in [5.74, 6) is -25.7. The molecular weight excluding hydrogens is 310 g/mol. The van der Waals surface area contributed by atoms with Crippen molar-refractivity contribution in [3.63, 3.8) is 0 Å². The highest BCUT2D eigenvalue weighted by atomic mass is 19.4. The van der Waals surface area contributed by atoms with Gasteiger partial charge in [0.1, 0.15) is 0 Å². The maximum absolute atomic E-state index is 13.0. The Balaban J connectivity index is 5.37. The third-order valence-corrected chi connectivity index (χ3v) is 2.58. The second-order valence-corrected chi connectivity index (χ2v) is 4.15. The monoisotopic (exact) mass is 321 g/mol. The van der Waals surface area contributed by atoms with E-state index in [0.717, 1.165) is 0 Å². The molecular formula is C10H11F10. The Bertz CT molecular complexity index is 309. The summed E-state index contributed by atoms with van der Waals surface area (Å²) >= 11 is 0. The van der Waals surface area contributed by atoms with Gasteiger partial charge < -0.3 is 0 Å². The number of alkyl halides is 8. The molecule has 0 atom stereocenters. The fourth-order valence-corrected chi connectivity index (χ4v) is 1.30. The zero-order valence-electron chi connectivity index (χ0n) is 10.1. The van der Waals surface area contributed by atoms with Gasteiger partial charge in [0.2, 0.25) is 0 Å². The average molecular weight is 321 g/mol. The smallest absolute Gasteiger partial charge is 0.200 e. The van der Waals surface area contributed by atoms with Crippen LogP contribution < -0.4 is 0 Å². The summed E-state index contributed by atoms with van der Waals surface area (Å²) in [5, 5.41) is 0. The fourth-order valence-electron chi connectivity index (χ4n) is 1.30. The normalized spacial score (nSPS) is 15.0. The average Bonchev–Trinajstić information content (AvgIpc) is 2.28. The molecule has 0 fully saturated rings. The first-order valence-corrected chi connectivity index (χ1v) is 5.45. The summed E-state index contributed by atoms with van der Waals surface area (Å²) in [5.41, 5.74) is 0. The number of rotatable bonds is 8. The third kappa shape index (κ3) is 3.13. The van der Waals surface area contributed by atoms with Crippen LogP contribution in [0.2, 0.25) is 0 Å². The molecule has 0 aliphatic rings. The Kier molecular flexibility index (Phi) is 5.76. The predicted molar refractivity (Wildman–Crippen MR) is 49.4 cm³/mol. The van der Waals surface area contributed by atoms with E-state index >= 15 is 0 Å². The van der Waals surface area contributed by atoms with E-state index in [1.165, 1.54) is 6.92 Å². The summed E-state index contributed by atoms with van der Waals surface area (Å²) in [6, 6.07) is 0. The van der Waals surface area contributed by atoms with Gasteiger partial charge in [-0.1, -0.05) is 19.8 Å². The molecule has 20 heavy (non-hydrogen) atoms. The van der Waals surface area contributed by atoms with Crippen molar-refractivity contribution >= 4 is 0 Å². The van der Waals surface area contributed by atoms with Gasteiger partial charge in [-0.3, -0.25) is 0 Å². The quantitative estimate of drug-likeness (QED) is 0.407. The second-order valence-electron chi connectivity index (χ2n) is 4.15. The van der Waals surface area contributed by atoms with Crippen LogP contribution in [0, 0.1) is 6.43 Å². The topological polar surface area (TPSA) is 0 Å². The van der Waals surface area contributed by atoms with Gasteiger partial charge in [-0.15, -0.1) is 0 Å². The summed E-state index contributed by atoms with van der Waals surface area (Å²) in [4.78, 5) is 0. The molecule has 1 radical (unpaired) electrons. The van der Waals surface area contributed by atoms with E-state index in [9.17, 15) is 43.9 Å². The lowest BCUT2D eigenvalue weighted by Crippen LogP contribution is -2.63. The second kappa shape index (κ2) is 5.97. The molecule has 0 aromatic rings. The molecule has 121 valence electrons. The van der Waals surface area contributed by atoms with Gasteiger partial charge in [-0.05, 0) is 6.42 Å². The molecule has 0 bridgehead atoms.